The van der Waals surface area contributed by atoms with Gasteiger partial charge in [0.15, 0.2) is 6.61 Å². The molecule has 1 heterocycles. The highest BCUT2D eigenvalue weighted by molar-refractivity contribution is 7.89. The summed E-state index contributed by atoms with van der Waals surface area (Å²) in [7, 11) is -3.71. The number of sulfonamides is 1. The predicted molar refractivity (Wildman–Crippen MR) is 116 cm³/mol. The number of ether oxygens (including phenoxy) is 1. The number of carbonyl (C=O) groups excluding carboxylic acids is 2. The second-order valence-corrected chi connectivity index (χ2v) is 9.31. The van der Waals surface area contributed by atoms with Gasteiger partial charge in [0, 0.05) is 30.4 Å². The largest absolute Gasteiger partial charge is 0.452 e. The molecule has 0 aliphatic carbocycles. The number of hydrogen-bond acceptors (Lipinski definition) is 7. The number of aryl methyl sites for hydroxylation is 1. The summed E-state index contributed by atoms with van der Waals surface area (Å²) < 4.78 is 32.0. The molecule has 1 N–H and O–H groups in total. The van der Waals surface area contributed by atoms with Crippen LogP contribution in [0.2, 0.25) is 0 Å². The number of benzene rings is 2. The van der Waals surface area contributed by atoms with E-state index < -0.39 is 33.4 Å². The number of carbonyl (C=O) groups is 2. The minimum absolute atomic E-state index is 0.00172. The number of nitrogens with one attached hydrogen (secondary N) is 1. The van der Waals surface area contributed by atoms with Crippen molar-refractivity contribution in [3.63, 3.8) is 0 Å². The molecule has 1 fully saturated rings. The van der Waals surface area contributed by atoms with Crippen LogP contribution in [-0.4, -0.2) is 49.2 Å². The Kier molecular flexibility index (Phi) is 7.21. The number of nitro groups is 1. The van der Waals surface area contributed by atoms with Crippen molar-refractivity contribution in [1.29, 1.82) is 0 Å². The fourth-order valence-corrected chi connectivity index (χ4v) is 4.90. The third-order valence-electron chi connectivity index (χ3n) is 5.05. The summed E-state index contributed by atoms with van der Waals surface area (Å²) in [4.78, 5) is 34.9. The van der Waals surface area contributed by atoms with E-state index in [1.165, 1.54) is 46.8 Å². The van der Waals surface area contributed by atoms with E-state index in [0.717, 1.165) is 19.3 Å². The van der Waals surface area contributed by atoms with Gasteiger partial charge in [-0.05, 0) is 44.0 Å². The summed E-state index contributed by atoms with van der Waals surface area (Å²) in [6, 6.07) is 9.69. The van der Waals surface area contributed by atoms with E-state index >= 15 is 0 Å². The molecule has 0 aromatic heterocycles. The lowest BCUT2D eigenvalue weighted by atomic mass is 10.2. The van der Waals surface area contributed by atoms with Crippen molar-refractivity contribution in [2.24, 2.45) is 0 Å². The lowest BCUT2D eigenvalue weighted by Gasteiger charge is -2.25. The number of anilines is 1. The van der Waals surface area contributed by atoms with Crippen molar-refractivity contribution in [1.82, 2.24) is 4.31 Å². The van der Waals surface area contributed by atoms with Crippen molar-refractivity contribution in [2.75, 3.05) is 25.0 Å². The zero-order chi connectivity index (χ0) is 23.3. The van der Waals surface area contributed by atoms with Gasteiger partial charge in [-0.2, -0.15) is 4.31 Å². The van der Waals surface area contributed by atoms with Gasteiger partial charge in [0.2, 0.25) is 10.0 Å². The van der Waals surface area contributed by atoms with Crippen LogP contribution in [0.3, 0.4) is 0 Å². The molecule has 1 saturated heterocycles. The van der Waals surface area contributed by atoms with Crippen LogP contribution < -0.4 is 5.32 Å². The van der Waals surface area contributed by atoms with E-state index in [0.29, 0.717) is 18.7 Å². The van der Waals surface area contributed by atoms with E-state index in [1.807, 2.05) is 0 Å². The van der Waals surface area contributed by atoms with Crippen molar-refractivity contribution in [3.05, 3.63) is 63.7 Å². The number of rotatable bonds is 7. The Hall–Kier alpha value is -3.31. The number of piperidine rings is 1. The lowest BCUT2D eigenvalue weighted by Crippen LogP contribution is -2.35. The molecule has 170 valence electrons. The monoisotopic (exact) mass is 461 g/mol. The Morgan fingerprint density at radius 3 is 2.53 bits per heavy atom. The van der Waals surface area contributed by atoms with E-state index in [-0.39, 0.29) is 21.8 Å². The van der Waals surface area contributed by atoms with Crippen molar-refractivity contribution >= 4 is 33.3 Å². The molecule has 32 heavy (non-hydrogen) atoms. The molecule has 0 radical (unpaired) electrons. The summed E-state index contributed by atoms with van der Waals surface area (Å²) in [5.41, 5.74) is 0.491. The molecule has 0 spiro atoms. The van der Waals surface area contributed by atoms with Crippen LogP contribution in [0.1, 0.15) is 35.2 Å². The second kappa shape index (κ2) is 9.88. The molecule has 10 nitrogen and oxygen atoms in total. The molecule has 1 aliphatic rings. The maximum Gasteiger partial charge on any atom is 0.338 e. The molecule has 1 amide bonds. The van der Waals surface area contributed by atoms with Gasteiger partial charge in [-0.15, -0.1) is 0 Å². The fourth-order valence-electron chi connectivity index (χ4n) is 3.33. The third kappa shape index (κ3) is 5.48. The minimum Gasteiger partial charge on any atom is -0.452 e. The molecular weight excluding hydrogens is 438 g/mol. The Morgan fingerprint density at radius 1 is 1.12 bits per heavy atom. The van der Waals surface area contributed by atoms with Crippen molar-refractivity contribution in [3.8, 4) is 0 Å². The first-order valence-electron chi connectivity index (χ1n) is 10.0. The first kappa shape index (κ1) is 23.4. The number of hydrogen-bond donors (Lipinski definition) is 1. The van der Waals surface area contributed by atoms with Gasteiger partial charge >= 0.3 is 5.97 Å². The molecule has 0 atom stereocenters. The summed E-state index contributed by atoms with van der Waals surface area (Å²) in [6.45, 7) is 1.82. The van der Waals surface area contributed by atoms with Gasteiger partial charge in [0.1, 0.15) is 0 Å². The van der Waals surface area contributed by atoms with Gasteiger partial charge in [-0.1, -0.05) is 18.6 Å². The topological polar surface area (TPSA) is 136 Å². The van der Waals surface area contributed by atoms with Crippen LogP contribution >= 0.6 is 0 Å². The summed E-state index contributed by atoms with van der Waals surface area (Å²) in [5.74, 6) is -1.54. The Labute approximate surface area is 185 Å². The van der Waals surface area contributed by atoms with Gasteiger partial charge in [0.25, 0.3) is 11.6 Å². The maximum absolute atomic E-state index is 12.8. The average molecular weight is 461 g/mol. The van der Waals surface area contributed by atoms with E-state index in [4.69, 9.17) is 4.74 Å². The summed E-state index contributed by atoms with van der Waals surface area (Å²) in [5, 5.41) is 13.4. The van der Waals surface area contributed by atoms with Crippen molar-refractivity contribution in [2.45, 2.75) is 31.1 Å². The maximum atomic E-state index is 12.8. The van der Waals surface area contributed by atoms with Crippen LogP contribution in [0, 0.1) is 17.0 Å². The zero-order valence-electron chi connectivity index (χ0n) is 17.4. The number of nitrogens with zero attached hydrogens (tertiary/aromatic N) is 2. The van der Waals surface area contributed by atoms with Crippen LogP contribution in [0.15, 0.2) is 47.4 Å². The standard InChI is InChI=1S/C21H23N3O7S/c1-15-8-9-17(13-19(15)24(27)28)22-20(25)14-31-21(26)16-6-5-7-18(12-16)32(29,30)23-10-3-2-4-11-23/h5-9,12-13H,2-4,10-11,14H2,1H3,(H,22,25). The van der Waals surface area contributed by atoms with E-state index in [9.17, 15) is 28.1 Å². The zero-order valence-corrected chi connectivity index (χ0v) is 18.3. The lowest BCUT2D eigenvalue weighted by molar-refractivity contribution is -0.385. The summed E-state index contributed by atoms with van der Waals surface area (Å²) in [6.07, 6.45) is 2.57. The molecule has 0 saturated carbocycles. The number of nitro benzene ring substituents is 1. The number of amides is 1. The smallest absolute Gasteiger partial charge is 0.338 e. The van der Waals surface area contributed by atoms with Crippen LogP contribution in [-0.2, 0) is 19.6 Å². The fraction of sp³-hybridized carbons (Fsp3) is 0.333. The molecule has 0 unspecified atom stereocenters. The first-order valence-corrected chi connectivity index (χ1v) is 11.4. The molecule has 11 heteroatoms. The molecule has 1 aliphatic heterocycles. The quantitative estimate of drug-likeness (QED) is 0.380. The molecule has 0 bridgehead atoms. The van der Waals surface area contributed by atoms with Gasteiger partial charge < -0.3 is 10.1 Å². The Bertz CT molecular complexity index is 1140. The Morgan fingerprint density at radius 2 is 1.84 bits per heavy atom. The van der Waals surface area contributed by atoms with Crippen molar-refractivity contribution < 1.29 is 27.7 Å². The normalized spacial score (nSPS) is 14.5. The van der Waals surface area contributed by atoms with Gasteiger partial charge in [-0.3, -0.25) is 14.9 Å². The van der Waals surface area contributed by atoms with Crippen LogP contribution in [0.25, 0.3) is 0 Å². The van der Waals surface area contributed by atoms with E-state index in [2.05, 4.69) is 5.32 Å². The molecule has 3 rings (SSSR count). The van der Waals surface area contributed by atoms with E-state index in [1.54, 1.807) is 6.92 Å². The molecular formula is C21H23N3O7S. The highest BCUT2D eigenvalue weighted by atomic mass is 32.2. The SMILES string of the molecule is Cc1ccc(NC(=O)COC(=O)c2cccc(S(=O)(=O)N3CCCCC3)c2)cc1[N+](=O)[O-]. The number of esters is 1. The molecule has 2 aromatic carbocycles. The third-order valence-corrected chi connectivity index (χ3v) is 6.94. The van der Waals surface area contributed by atoms with Crippen LogP contribution in [0.5, 0.6) is 0 Å². The highest BCUT2D eigenvalue weighted by Gasteiger charge is 2.26. The first-order chi connectivity index (χ1) is 15.2. The van der Waals surface area contributed by atoms with Gasteiger partial charge in [0.05, 0.1) is 15.4 Å². The molecule has 2 aromatic rings. The average Bonchev–Trinajstić information content (AvgIpc) is 2.79. The van der Waals surface area contributed by atoms with Crippen LogP contribution in [0.4, 0.5) is 11.4 Å². The second-order valence-electron chi connectivity index (χ2n) is 7.38. The predicted octanol–water partition coefficient (Wildman–Crippen LogP) is 2.87. The highest BCUT2D eigenvalue weighted by Crippen LogP contribution is 2.23. The Balaban J connectivity index is 1.63. The van der Waals surface area contributed by atoms with Gasteiger partial charge in [-0.25, -0.2) is 13.2 Å². The minimum atomic E-state index is -3.71. The summed E-state index contributed by atoms with van der Waals surface area (Å²) >= 11 is 0.